The molecule has 0 bridgehead atoms. The lowest BCUT2D eigenvalue weighted by molar-refractivity contribution is -0.305. The normalized spacial score (nSPS) is 10.9. The fraction of sp³-hybridized carbons (Fsp3) is 0.125. The number of hydroxylamine groups is 2. The Hall–Kier alpha value is -2.15. The summed E-state index contributed by atoms with van der Waals surface area (Å²) in [5, 5.41) is 2.76. The van der Waals surface area contributed by atoms with Gasteiger partial charge in [-0.1, -0.05) is 18.2 Å². The number of para-hydroxylation sites is 1. The molecule has 15 heavy (non-hydrogen) atoms. The smallest absolute Gasteiger partial charge is 0.264 e. The van der Waals surface area contributed by atoms with Crippen LogP contribution in [0.3, 0.4) is 0 Å². The van der Waals surface area contributed by atoms with Gasteiger partial charge < -0.3 is 5.73 Å². The van der Waals surface area contributed by atoms with Crippen LogP contribution in [0.25, 0.3) is 0 Å². The average Bonchev–Trinajstić information content (AvgIpc) is 2.27. The lowest BCUT2D eigenvalue weighted by atomic mass is 10.3. The van der Waals surface area contributed by atoms with E-state index in [2.05, 4.69) is 20.1 Å². The van der Waals surface area contributed by atoms with Gasteiger partial charge in [-0.2, -0.15) is 4.94 Å². The lowest BCUT2D eigenvalue weighted by Gasteiger charge is -2.12. The number of hydrogen-bond acceptors (Lipinski definition) is 5. The number of guanidine groups is 1. The van der Waals surface area contributed by atoms with Gasteiger partial charge in [0.15, 0.2) is 5.34 Å². The molecular weight excluding hydrogens is 200 g/mol. The van der Waals surface area contributed by atoms with Crippen molar-refractivity contribution in [1.82, 2.24) is 5.23 Å². The molecule has 7 heteroatoms. The number of nitrogens with two attached hydrogens (primary N) is 1. The topological polar surface area (TPSA) is 89.5 Å². The molecule has 0 aliphatic heterocycles. The van der Waals surface area contributed by atoms with Crippen molar-refractivity contribution in [2.75, 3.05) is 7.11 Å². The first-order valence-electron chi connectivity index (χ1n) is 4.01. The van der Waals surface area contributed by atoms with E-state index in [9.17, 15) is 4.91 Å². The van der Waals surface area contributed by atoms with E-state index in [1.807, 2.05) is 6.07 Å². The van der Waals surface area contributed by atoms with Gasteiger partial charge in [-0.05, 0) is 17.4 Å². The van der Waals surface area contributed by atoms with Crippen LogP contribution in [0.5, 0.6) is 0 Å². The Bertz CT molecular complexity index is 341. The zero-order valence-electron chi connectivity index (χ0n) is 8.03. The largest absolute Gasteiger partial charge is 0.365 e. The van der Waals surface area contributed by atoms with Crippen molar-refractivity contribution in [3.05, 3.63) is 35.2 Å². The van der Waals surface area contributed by atoms with Gasteiger partial charge in [-0.15, -0.1) is 4.91 Å². The summed E-state index contributed by atoms with van der Waals surface area (Å²) in [6, 6.07) is 8.89. The Kier molecular flexibility index (Phi) is 4.05. The third-order valence-electron chi connectivity index (χ3n) is 1.46. The second-order valence-corrected chi connectivity index (χ2v) is 2.40. The highest BCUT2D eigenvalue weighted by molar-refractivity contribution is 5.79. The lowest BCUT2D eigenvalue weighted by Crippen LogP contribution is -2.34. The third-order valence-corrected chi connectivity index (χ3v) is 1.46. The highest BCUT2D eigenvalue weighted by Crippen LogP contribution is 2.10. The fourth-order valence-electron chi connectivity index (χ4n) is 0.875. The summed E-state index contributed by atoms with van der Waals surface area (Å²) >= 11 is 0. The molecular formula is C8H10N4O3. The molecule has 0 saturated carbocycles. The zero-order valence-corrected chi connectivity index (χ0v) is 8.03. The molecule has 0 aromatic heterocycles. The minimum absolute atomic E-state index is 0.136. The standard InChI is InChI=1S/C8H10N4O3/c1-14-12(15-11-13)8(9)10-7-5-3-2-4-6-7/h2-6H,1H3,(H2,9,10). The predicted molar refractivity (Wildman–Crippen MR) is 53.5 cm³/mol. The fourth-order valence-corrected chi connectivity index (χ4v) is 0.875. The Morgan fingerprint density at radius 1 is 1.40 bits per heavy atom. The summed E-state index contributed by atoms with van der Waals surface area (Å²) in [7, 11) is 1.26. The maximum Gasteiger partial charge on any atom is 0.264 e. The second-order valence-electron chi connectivity index (χ2n) is 2.40. The first kappa shape index (κ1) is 10.9. The molecule has 2 N–H and O–H groups in total. The average molecular weight is 210 g/mol. The first-order valence-corrected chi connectivity index (χ1v) is 4.01. The number of rotatable bonds is 4. The maximum atomic E-state index is 9.83. The molecule has 1 aromatic carbocycles. The van der Waals surface area contributed by atoms with Gasteiger partial charge >= 0.3 is 0 Å². The first-order chi connectivity index (χ1) is 7.27. The van der Waals surface area contributed by atoms with Crippen molar-refractivity contribution in [2.45, 2.75) is 0 Å². The van der Waals surface area contributed by atoms with Gasteiger partial charge in [0.25, 0.3) is 5.96 Å². The molecule has 0 heterocycles. The second kappa shape index (κ2) is 5.55. The summed E-state index contributed by atoms with van der Waals surface area (Å²) in [6.07, 6.45) is 0. The van der Waals surface area contributed by atoms with E-state index in [1.54, 1.807) is 24.3 Å². The van der Waals surface area contributed by atoms with Gasteiger partial charge in [-0.3, -0.25) is 0 Å². The molecule has 0 fully saturated rings. The molecule has 0 saturated heterocycles. The molecule has 0 aliphatic rings. The number of hydrogen-bond donors (Lipinski definition) is 1. The molecule has 80 valence electrons. The van der Waals surface area contributed by atoms with Gasteiger partial charge in [0, 0.05) is 0 Å². The Labute approximate surface area is 85.9 Å². The van der Waals surface area contributed by atoms with Crippen LogP contribution in [0.15, 0.2) is 40.7 Å². The van der Waals surface area contributed by atoms with Crippen LogP contribution in [0.1, 0.15) is 0 Å². The summed E-state index contributed by atoms with van der Waals surface area (Å²) in [5.74, 6) is -0.136. The van der Waals surface area contributed by atoms with Crippen molar-refractivity contribution in [2.24, 2.45) is 16.1 Å². The molecule has 0 unspecified atom stereocenters. The Morgan fingerprint density at radius 3 is 2.60 bits per heavy atom. The number of nitrogens with zero attached hydrogens (tertiary/aromatic N) is 3. The van der Waals surface area contributed by atoms with Crippen molar-refractivity contribution in [3.8, 4) is 0 Å². The molecule has 0 atom stereocenters. The van der Waals surface area contributed by atoms with Crippen molar-refractivity contribution < 1.29 is 9.78 Å². The van der Waals surface area contributed by atoms with Crippen LogP contribution in [-0.2, 0) is 9.78 Å². The molecule has 1 rings (SSSR count). The van der Waals surface area contributed by atoms with E-state index >= 15 is 0 Å². The third kappa shape index (κ3) is 3.24. The predicted octanol–water partition coefficient (Wildman–Crippen LogP) is 1.11. The van der Waals surface area contributed by atoms with Crippen LogP contribution in [0, 0.1) is 4.91 Å². The number of benzene rings is 1. The summed E-state index contributed by atoms with van der Waals surface area (Å²) in [5.41, 5.74) is 6.08. The zero-order chi connectivity index (χ0) is 11.1. The van der Waals surface area contributed by atoms with Crippen molar-refractivity contribution >= 4 is 11.6 Å². The molecule has 7 nitrogen and oxygen atoms in total. The van der Waals surface area contributed by atoms with Gasteiger partial charge in [0.1, 0.15) is 0 Å². The Balaban J connectivity index is 2.77. The van der Waals surface area contributed by atoms with Crippen LogP contribution in [0.2, 0.25) is 0 Å². The van der Waals surface area contributed by atoms with Crippen LogP contribution >= 0.6 is 0 Å². The van der Waals surface area contributed by atoms with E-state index in [-0.39, 0.29) is 5.96 Å². The van der Waals surface area contributed by atoms with Crippen LogP contribution in [0.4, 0.5) is 5.69 Å². The Morgan fingerprint density at radius 2 is 2.07 bits per heavy atom. The quantitative estimate of drug-likeness (QED) is 0.348. The maximum absolute atomic E-state index is 9.83. The van der Waals surface area contributed by atoms with E-state index < -0.39 is 0 Å². The van der Waals surface area contributed by atoms with Gasteiger partial charge in [0.05, 0.1) is 12.8 Å². The minimum Gasteiger partial charge on any atom is -0.365 e. The van der Waals surface area contributed by atoms with E-state index in [0.717, 1.165) is 0 Å². The van der Waals surface area contributed by atoms with Crippen LogP contribution in [-0.4, -0.2) is 18.3 Å². The monoisotopic (exact) mass is 210 g/mol. The molecule has 0 radical (unpaired) electrons. The van der Waals surface area contributed by atoms with Crippen molar-refractivity contribution in [1.29, 1.82) is 0 Å². The molecule has 0 spiro atoms. The van der Waals surface area contributed by atoms with Gasteiger partial charge in [-0.25, -0.2) is 9.83 Å². The SMILES string of the molecule is CON(ON=O)C(N)=Nc1ccccc1. The van der Waals surface area contributed by atoms with E-state index in [0.29, 0.717) is 10.9 Å². The van der Waals surface area contributed by atoms with Gasteiger partial charge in [0.2, 0.25) is 0 Å². The molecule has 0 amide bonds. The minimum atomic E-state index is -0.136. The van der Waals surface area contributed by atoms with E-state index in [1.165, 1.54) is 7.11 Å². The summed E-state index contributed by atoms with van der Waals surface area (Å²) in [6.45, 7) is 0. The summed E-state index contributed by atoms with van der Waals surface area (Å²) < 4.78 is 0. The van der Waals surface area contributed by atoms with E-state index in [4.69, 9.17) is 5.73 Å². The molecule has 1 aromatic rings. The van der Waals surface area contributed by atoms with Crippen LogP contribution < -0.4 is 5.73 Å². The highest BCUT2D eigenvalue weighted by atomic mass is 17.0. The molecule has 0 aliphatic carbocycles. The highest BCUT2D eigenvalue weighted by Gasteiger charge is 2.08. The number of aliphatic imine (C=N–C) groups is 1. The van der Waals surface area contributed by atoms with Crippen molar-refractivity contribution in [3.63, 3.8) is 0 Å². The summed E-state index contributed by atoms with van der Waals surface area (Å²) in [4.78, 5) is 22.5.